The lowest BCUT2D eigenvalue weighted by atomic mass is 9.84. The standard InChI is InChI=1S/C16H13N3O2.HI/c1-19-6-2-3-10(9-19)15-12-5-4-11(20)7-14(12)21-16(18)13(15)8-17;/h2-7,9,15H,18H2,1H3;1H. The molecule has 2 aromatic rings. The molecule has 3 rings (SSSR count). The highest BCUT2D eigenvalue weighted by molar-refractivity contribution is 5.56. The van der Waals surface area contributed by atoms with Crippen LogP contribution in [0.1, 0.15) is 17.0 Å². The van der Waals surface area contributed by atoms with Gasteiger partial charge >= 0.3 is 0 Å². The molecule has 0 radical (unpaired) electrons. The zero-order valence-corrected chi connectivity index (χ0v) is 14.0. The summed E-state index contributed by atoms with van der Waals surface area (Å²) in [5, 5.41) is 19.0. The number of nitrogens with two attached hydrogens (primary N) is 1. The number of aryl methyl sites for hydroxylation is 1. The summed E-state index contributed by atoms with van der Waals surface area (Å²) < 4.78 is 7.38. The number of aromatic nitrogens is 1. The zero-order chi connectivity index (χ0) is 15.0. The molecule has 0 spiro atoms. The Bertz CT molecular complexity index is 796. The molecule has 1 unspecified atom stereocenters. The molecule has 1 atom stereocenters. The third-order valence-electron chi connectivity index (χ3n) is 3.50. The first-order valence-electron chi connectivity index (χ1n) is 6.46. The average molecular weight is 407 g/mol. The van der Waals surface area contributed by atoms with Crippen molar-refractivity contribution in [2.75, 3.05) is 0 Å². The molecule has 22 heavy (non-hydrogen) atoms. The summed E-state index contributed by atoms with van der Waals surface area (Å²) in [5.74, 6) is 0.348. The minimum absolute atomic E-state index is 0. The molecule has 0 aliphatic carbocycles. The second-order valence-corrected chi connectivity index (χ2v) is 4.95. The van der Waals surface area contributed by atoms with Gasteiger partial charge in [-0.05, 0) is 12.1 Å². The van der Waals surface area contributed by atoms with Gasteiger partial charge in [0.05, 0.1) is 5.92 Å². The van der Waals surface area contributed by atoms with Gasteiger partial charge in [0.1, 0.15) is 30.2 Å². The van der Waals surface area contributed by atoms with Gasteiger partial charge in [0.2, 0.25) is 5.88 Å². The molecule has 112 valence electrons. The average Bonchev–Trinajstić information content (AvgIpc) is 2.45. The predicted molar refractivity (Wildman–Crippen MR) is 75.0 cm³/mol. The van der Waals surface area contributed by atoms with Gasteiger partial charge in [-0.15, -0.1) is 0 Å². The molecule has 0 saturated heterocycles. The van der Waals surface area contributed by atoms with E-state index in [1.54, 1.807) is 12.1 Å². The number of phenols is 1. The summed E-state index contributed by atoms with van der Waals surface area (Å²) in [6.07, 6.45) is 3.86. The van der Waals surface area contributed by atoms with Crippen LogP contribution in [0.25, 0.3) is 0 Å². The normalized spacial score (nSPS) is 16.1. The highest BCUT2D eigenvalue weighted by Gasteiger charge is 2.31. The van der Waals surface area contributed by atoms with Crippen LogP contribution in [0, 0.1) is 11.3 Å². The van der Waals surface area contributed by atoms with E-state index in [0.717, 1.165) is 11.1 Å². The molecule has 1 aromatic heterocycles. The van der Waals surface area contributed by atoms with Crippen LogP contribution in [0.5, 0.6) is 11.5 Å². The minimum atomic E-state index is -0.299. The van der Waals surface area contributed by atoms with Gasteiger partial charge < -0.3 is 39.6 Å². The van der Waals surface area contributed by atoms with Crippen molar-refractivity contribution in [1.29, 1.82) is 5.26 Å². The van der Waals surface area contributed by atoms with Gasteiger partial charge in [0.15, 0.2) is 12.4 Å². The van der Waals surface area contributed by atoms with E-state index in [4.69, 9.17) is 10.5 Å². The third kappa shape index (κ3) is 2.72. The van der Waals surface area contributed by atoms with Gasteiger partial charge in [0.25, 0.3) is 0 Å². The Labute approximate surface area is 145 Å². The lowest BCUT2D eigenvalue weighted by molar-refractivity contribution is -0.671. The topological polar surface area (TPSA) is 83.2 Å². The fourth-order valence-corrected chi connectivity index (χ4v) is 2.57. The smallest absolute Gasteiger partial charge is 0.205 e. The summed E-state index contributed by atoms with van der Waals surface area (Å²) in [7, 11) is 1.92. The maximum atomic E-state index is 9.59. The van der Waals surface area contributed by atoms with Crippen molar-refractivity contribution in [2.45, 2.75) is 5.92 Å². The number of aromatic hydroxyl groups is 1. The Morgan fingerprint density at radius 3 is 2.82 bits per heavy atom. The molecule has 2 heterocycles. The predicted octanol–water partition coefficient (Wildman–Crippen LogP) is -1.56. The van der Waals surface area contributed by atoms with Crippen molar-refractivity contribution in [2.24, 2.45) is 12.8 Å². The molecular formula is C16H14IN3O2. The van der Waals surface area contributed by atoms with Gasteiger partial charge in [-0.3, -0.25) is 0 Å². The maximum absolute atomic E-state index is 9.59. The largest absolute Gasteiger partial charge is 1.00 e. The summed E-state index contributed by atoms with van der Waals surface area (Å²) in [6.45, 7) is 0. The van der Waals surface area contributed by atoms with Crippen LogP contribution < -0.4 is 39.0 Å². The highest BCUT2D eigenvalue weighted by atomic mass is 127. The van der Waals surface area contributed by atoms with Crippen molar-refractivity contribution < 1.29 is 38.4 Å². The summed E-state index contributed by atoms with van der Waals surface area (Å²) >= 11 is 0. The van der Waals surface area contributed by atoms with Crippen LogP contribution in [-0.4, -0.2) is 5.11 Å². The number of rotatable bonds is 1. The van der Waals surface area contributed by atoms with E-state index < -0.39 is 0 Å². The second kappa shape index (κ2) is 6.23. The maximum Gasteiger partial charge on any atom is 0.205 e. The number of nitrogens with zero attached hydrogens (tertiary/aromatic N) is 2. The van der Waals surface area contributed by atoms with Crippen molar-refractivity contribution in [1.82, 2.24) is 0 Å². The number of pyridine rings is 1. The number of fused-ring (bicyclic) bond motifs is 1. The van der Waals surface area contributed by atoms with Crippen LogP contribution >= 0.6 is 0 Å². The number of nitriles is 1. The third-order valence-corrected chi connectivity index (χ3v) is 3.50. The number of hydrogen-bond donors (Lipinski definition) is 2. The monoisotopic (exact) mass is 407 g/mol. The Kier molecular flexibility index (Phi) is 4.56. The fraction of sp³-hybridized carbons (Fsp3) is 0.125. The summed E-state index contributed by atoms with van der Waals surface area (Å²) in [4.78, 5) is 0. The van der Waals surface area contributed by atoms with Gasteiger partial charge in [0, 0.05) is 23.3 Å². The number of ether oxygens (including phenoxy) is 1. The van der Waals surface area contributed by atoms with Crippen molar-refractivity contribution >= 4 is 0 Å². The molecule has 1 aliphatic rings. The quantitative estimate of drug-likeness (QED) is 0.443. The molecule has 1 aromatic carbocycles. The lowest BCUT2D eigenvalue weighted by Gasteiger charge is -2.25. The zero-order valence-electron chi connectivity index (χ0n) is 11.8. The summed E-state index contributed by atoms with van der Waals surface area (Å²) in [6, 6.07) is 10.8. The fourth-order valence-electron chi connectivity index (χ4n) is 2.57. The van der Waals surface area contributed by atoms with E-state index in [2.05, 4.69) is 6.07 Å². The van der Waals surface area contributed by atoms with Crippen LogP contribution in [0.3, 0.4) is 0 Å². The van der Waals surface area contributed by atoms with Gasteiger partial charge in [-0.25, -0.2) is 4.57 Å². The minimum Gasteiger partial charge on any atom is -1.00 e. The van der Waals surface area contributed by atoms with Crippen molar-refractivity contribution in [3.63, 3.8) is 0 Å². The highest BCUT2D eigenvalue weighted by Crippen LogP contribution is 2.42. The van der Waals surface area contributed by atoms with Gasteiger partial charge in [-0.1, -0.05) is 6.07 Å². The molecule has 3 N–H and O–H groups in total. The Morgan fingerprint density at radius 2 is 2.14 bits per heavy atom. The number of halogens is 1. The first-order valence-corrected chi connectivity index (χ1v) is 6.46. The van der Waals surface area contributed by atoms with E-state index in [1.165, 1.54) is 6.07 Å². The Hall–Kier alpha value is -2.27. The first kappa shape index (κ1) is 16.1. The number of phenolic OH excluding ortho intramolecular Hbond substituents is 1. The number of hydrogen-bond acceptors (Lipinski definition) is 4. The van der Waals surface area contributed by atoms with Crippen molar-refractivity contribution in [3.8, 4) is 17.6 Å². The molecule has 0 bridgehead atoms. The molecule has 0 fully saturated rings. The van der Waals surface area contributed by atoms with Crippen LogP contribution in [-0.2, 0) is 7.05 Å². The van der Waals surface area contributed by atoms with E-state index in [0.29, 0.717) is 11.3 Å². The SMILES string of the molecule is C[n+]1cccc(C2C(C#N)=C(N)Oc3cc(O)ccc32)c1.[I-]. The van der Waals surface area contributed by atoms with Crippen LogP contribution in [0.2, 0.25) is 0 Å². The number of benzene rings is 1. The van der Waals surface area contributed by atoms with E-state index in [-0.39, 0.29) is 41.5 Å². The molecule has 0 amide bonds. The van der Waals surface area contributed by atoms with Crippen LogP contribution in [0.15, 0.2) is 54.2 Å². The molecule has 6 heteroatoms. The lowest BCUT2D eigenvalue weighted by Crippen LogP contribution is -3.00. The molecule has 0 saturated carbocycles. The van der Waals surface area contributed by atoms with Crippen LogP contribution in [0.4, 0.5) is 0 Å². The van der Waals surface area contributed by atoms with Gasteiger partial charge in [-0.2, -0.15) is 5.26 Å². The number of allylic oxidation sites excluding steroid dienone is 1. The molecule has 5 nitrogen and oxygen atoms in total. The molecule has 1 aliphatic heterocycles. The molecular weight excluding hydrogens is 393 g/mol. The first-order chi connectivity index (χ1) is 10.1. The van der Waals surface area contributed by atoms with E-state index >= 15 is 0 Å². The van der Waals surface area contributed by atoms with E-state index in [9.17, 15) is 10.4 Å². The van der Waals surface area contributed by atoms with Crippen molar-refractivity contribution in [3.05, 3.63) is 65.3 Å². The Balaban J connectivity index is 0.00000176. The second-order valence-electron chi connectivity index (χ2n) is 4.95. The Morgan fingerprint density at radius 1 is 1.36 bits per heavy atom. The summed E-state index contributed by atoms with van der Waals surface area (Å²) in [5.41, 5.74) is 7.99. The van der Waals surface area contributed by atoms with E-state index in [1.807, 2.05) is 36.1 Å².